The number of hydrogen-bond donors (Lipinski definition) is 1. The predicted octanol–water partition coefficient (Wildman–Crippen LogP) is 3.93. The monoisotopic (exact) mass is 307 g/mol. The fraction of sp³-hybridized carbons (Fsp3) is 0.375. The van der Waals surface area contributed by atoms with Crippen molar-refractivity contribution in [3.8, 4) is 5.75 Å². The zero-order valence-corrected chi connectivity index (χ0v) is 13.0. The lowest BCUT2D eigenvalue weighted by molar-refractivity contribution is 0.222. The maximum atomic E-state index is 6.01. The van der Waals surface area contributed by atoms with Crippen molar-refractivity contribution in [2.75, 3.05) is 6.54 Å². The summed E-state index contributed by atoms with van der Waals surface area (Å²) in [6.07, 6.45) is 2.22. The molecule has 2 heterocycles. The van der Waals surface area contributed by atoms with E-state index in [4.69, 9.17) is 16.3 Å². The van der Waals surface area contributed by atoms with Crippen LogP contribution in [0.25, 0.3) is 0 Å². The van der Waals surface area contributed by atoms with Crippen molar-refractivity contribution in [2.24, 2.45) is 0 Å². The summed E-state index contributed by atoms with van der Waals surface area (Å²) in [4.78, 5) is 0. The van der Waals surface area contributed by atoms with E-state index in [2.05, 4.69) is 29.1 Å². The molecule has 1 aliphatic heterocycles. The zero-order valence-electron chi connectivity index (χ0n) is 11.4. The van der Waals surface area contributed by atoms with Crippen LogP contribution in [-0.2, 0) is 12.8 Å². The second-order valence-corrected chi connectivity index (χ2v) is 6.56. The summed E-state index contributed by atoms with van der Waals surface area (Å²) in [5, 5.41) is 8.68. The molecule has 4 heteroatoms. The molecular weight excluding hydrogens is 290 g/mol. The van der Waals surface area contributed by atoms with Crippen LogP contribution in [-0.4, -0.2) is 18.7 Å². The van der Waals surface area contributed by atoms with E-state index in [1.54, 1.807) is 11.3 Å². The van der Waals surface area contributed by atoms with Gasteiger partial charge in [-0.25, -0.2) is 0 Å². The lowest BCUT2D eigenvalue weighted by Crippen LogP contribution is -2.36. The van der Waals surface area contributed by atoms with Gasteiger partial charge >= 0.3 is 0 Å². The molecule has 1 aliphatic rings. The van der Waals surface area contributed by atoms with E-state index in [0.29, 0.717) is 6.04 Å². The van der Waals surface area contributed by atoms with E-state index in [0.717, 1.165) is 30.2 Å². The van der Waals surface area contributed by atoms with E-state index in [-0.39, 0.29) is 6.10 Å². The quantitative estimate of drug-likeness (QED) is 0.904. The molecule has 2 aromatic rings. The summed E-state index contributed by atoms with van der Waals surface area (Å²) in [5.74, 6) is 0.978. The molecule has 2 unspecified atom stereocenters. The largest absolute Gasteiger partial charge is 0.488 e. The molecule has 0 amide bonds. The minimum absolute atomic E-state index is 0.216. The SMILES string of the molecule is CC(Cc1ccsc1)NCC1Cc2cc(Cl)ccc2O1. The Hall–Kier alpha value is -1.03. The van der Waals surface area contributed by atoms with Crippen LogP contribution < -0.4 is 10.1 Å². The lowest BCUT2D eigenvalue weighted by atomic mass is 10.1. The average molecular weight is 308 g/mol. The number of rotatable bonds is 5. The summed E-state index contributed by atoms with van der Waals surface area (Å²) in [6, 6.07) is 8.50. The number of fused-ring (bicyclic) bond motifs is 1. The standard InChI is InChI=1S/C16H18ClNOS/c1-11(6-12-4-5-20-10-12)18-9-15-8-13-7-14(17)2-3-16(13)19-15/h2-5,7,10-11,15,18H,6,8-9H2,1H3. The summed E-state index contributed by atoms with van der Waals surface area (Å²) in [5.41, 5.74) is 2.62. The van der Waals surface area contributed by atoms with Crippen LogP contribution in [0, 0.1) is 0 Å². The van der Waals surface area contributed by atoms with Gasteiger partial charge in [0.05, 0.1) is 0 Å². The van der Waals surface area contributed by atoms with Gasteiger partial charge in [-0.05, 0) is 59.5 Å². The summed E-state index contributed by atoms with van der Waals surface area (Å²) >= 11 is 7.76. The Labute approximate surface area is 128 Å². The van der Waals surface area contributed by atoms with E-state index in [1.807, 2.05) is 18.2 Å². The predicted molar refractivity (Wildman–Crippen MR) is 85.1 cm³/mol. The van der Waals surface area contributed by atoms with Crippen molar-refractivity contribution in [3.05, 3.63) is 51.2 Å². The molecule has 0 saturated carbocycles. The lowest BCUT2D eigenvalue weighted by Gasteiger charge is -2.17. The highest BCUT2D eigenvalue weighted by atomic mass is 35.5. The highest BCUT2D eigenvalue weighted by Crippen LogP contribution is 2.30. The molecule has 1 aromatic carbocycles. The van der Waals surface area contributed by atoms with Crippen molar-refractivity contribution in [3.63, 3.8) is 0 Å². The van der Waals surface area contributed by atoms with E-state index in [1.165, 1.54) is 11.1 Å². The first kappa shape index (κ1) is 13.9. The minimum atomic E-state index is 0.216. The molecule has 2 nitrogen and oxygen atoms in total. The fourth-order valence-corrected chi connectivity index (χ4v) is 3.45. The van der Waals surface area contributed by atoms with Crippen LogP contribution in [0.1, 0.15) is 18.1 Å². The zero-order chi connectivity index (χ0) is 13.9. The van der Waals surface area contributed by atoms with Gasteiger partial charge in [-0.2, -0.15) is 11.3 Å². The van der Waals surface area contributed by atoms with Gasteiger partial charge in [0.25, 0.3) is 0 Å². The Morgan fingerprint density at radius 2 is 2.35 bits per heavy atom. The highest BCUT2D eigenvalue weighted by Gasteiger charge is 2.23. The smallest absolute Gasteiger partial charge is 0.123 e. The molecule has 2 atom stereocenters. The normalized spacial score (nSPS) is 18.6. The fourth-order valence-electron chi connectivity index (χ4n) is 2.57. The van der Waals surface area contributed by atoms with Crippen molar-refractivity contribution in [2.45, 2.75) is 31.9 Å². The van der Waals surface area contributed by atoms with E-state index >= 15 is 0 Å². The Kier molecular flexibility index (Phi) is 4.29. The second-order valence-electron chi connectivity index (χ2n) is 5.34. The number of benzene rings is 1. The summed E-state index contributed by atoms with van der Waals surface area (Å²) in [6.45, 7) is 3.09. The van der Waals surface area contributed by atoms with Crippen LogP contribution in [0.2, 0.25) is 5.02 Å². The van der Waals surface area contributed by atoms with Crippen molar-refractivity contribution in [1.82, 2.24) is 5.32 Å². The van der Waals surface area contributed by atoms with Crippen LogP contribution in [0.15, 0.2) is 35.0 Å². The number of hydrogen-bond acceptors (Lipinski definition) is 3. The topological polar surface area (TPSA) is 21.3 Å². The number of ether oxygens (including phenoxy) is 1. The maximum absolute atomic E-state index is 6.01. The summed E-state index contributed by atoms with van der Waals surface area (Å²) < 4.78 is 5.93. The Morgan fingerprint density at radius 1 is 1.45 bits per heavy atom. The maximum Gasteiger partial charge on any atom is 0.123 e. The first-order valence-electron chi connectivity index (χ1n) is 6.90. The van der Waals surface area contributed by atoms with Gasteiger partial charge in [0.2, 0.25) is 0 Å². The number of thiophene rings is 1. The minimum Gasteiger partial charge on any atom is -0.488 e. The van der Waals surface area contributed by atoms with Gasteiger partial charge in [-0.15, -0.1) is 0 Å². The van der Waals surface area contributed by atoms with Gasteiger partial charge in [0.15, 0.2) is 0 Å². The highest BCUT2D eigenvalue weighted by molar-refractivity contribution is 7.07. The molecule has 1 N–H and O–H groups in total. The van der Waals surface area contributed by atoms with E-state index < -0.39 is 0 Å². The molecule has 0 spiro atoms. The Balaban J connectivity index is 1.48. The van der Waals surface area contributed by atoms with Gasteiger partial charge in [0.1, 0.15) is 11.9 Å². The van der Waals surface area contributed by atoms with Gasteiger partial charge < -0.3 is 10.1 Å². The average Bonchev–Trinajstić information content (AvgIpc) is 3.04. The molecule has 1 aromatic heterocycles. The number of nitrogens with one attached hydrogen (secondary N) is 1. The first-order chi connectivity index (χ1) is 9.70. The number of halogens is 1. The third-order valence-electron chi connectivity index (χ3n) is 3.58. The third kappa shape index (κ3) is 3.35. The molecule has 0 fully saturated rings. The first-order valence-corrected chi connectivity index (χ1v) is 8.22. The van der Waals surface area contributed by atoms with Gasteiger partial charge in [-0.1, -0.05) is 11.6 Å². The summed E-state index contributed by atoms with van der Waals surface area (Å²) in [7, 11) is 0. The van der Waals surface area contributed by atoms with Crippen molar-refractivity contribution < 1.29 is 4.74 Å². The van der Waals surface area contributed by atoms with Gasteiger partial charge in [0, 0.05) is 24.0 Å². The van der Waals surface area contributed by atoms with Crippen LogP contribution >= 0.6 is 22.9 Å². The molecule has 106 valence electrons. The third-order valence-corrected chi connectivity index (χ3v) is 4.55. The van der Waals surface area contributed by atoms with Crippen LogP contribution in [0.5, 0.6) is 5.75 Å². The second kappa shape index (κ2) is 6.17. The van der Waals surface area contributed by atoms with Crippen LogP contribution in [0.3, 0.4) is 0 Å². The van der Waals surface area contributed by atoms with Crippen molar-refractivity contribution >= 4 is 22.9 Å². The molecule has 20 heavy (non-hydrogen) atoms. The van der Waals surface area contributed by atoms with E-state index in [9.17, 15) is 0 Å². The van der Waals surface area contributed by atoms with Gasteiger partial charge in [-0.3, -0.25) is 0 Å². The Bertz CT molecular complexity index is 570. The molecule has 0 bridgehead atoms. The molecule has 3 rings (SSSR count). The molecule has 0 saturated heterocycles. The molecule has 0 radical (unpaired) electrons. The molecule has 0 aliphatic carbocycles. The van der Waals surface area contributed by atoms with Crippen LogP contribution in [0.4, 0.5) is 0 Å². The molecular formula is C16H18ClNOS. The van der Waals surface area contributed by atoms with Crippen molar-refractivity contribution in [1.29, 1.82) is 0 Å². The Morgan fingerprint density at radius 3 is 3.15 bits per heavy atom.